The fourth-order valence-electron chi connectivity index (χ4n) is 4.41. The van der Waals surface area contributed by atoms with E-state index in [1.807, 2.05) is 53.8 Å². The molecule has 9 heteroatoms. The number of benzene rings is 2. The minimum atomic E-state index is -1.09. The van der Waals surface area contributed by atoms with E-state index < -0.39 is 11.5 Å². The Morgan fingerprint density at radius 3 is 2.54 bits per heavy atom. The van der Waals surface area contributed by atoms with Gasteiger partial charge in [0, 0.05) is 25.8 Å². The van der Waals surface area contributed by atoms with Crippen LogP contribution in [0, 0.1) is 6.57 Å². The molecule has 0 spiro atoms. The molecule has 1 aromatic heterocycles. The second kappa shape index (κ2) is 10.2. The van der Waals surface area contributed by atoms with Gasteiger partial charge < -0.3 is 19.5 Å². The zero-order valence-corrected chi connectivity index (χ0v) is 20.3. The summed E-state index contributed by atoms with van der Waals surface area (Å²) in [5.41, 5.74) is 2.87. The van der Waals surface area contributed by atoms with E-state index in [2.05, 4.69) is 15.5 Å². The Morgan fingerprint density at radius 1 is 1.17 bits per heavy atom. The van der Waals surface area contributed by atoms with Gasteiger partial charge in [-0.3, -0.25) is 14.9 Å². The van der Waals surface area contributed by atoms with E-state index in [-0.39, 0.29) is 12.5 Å². The number of amides is 1. The molecule has 9 nitrogen and oxygen atoms in total. The number of carbonyl (C=O) groups excluding carboxylic acids is 2. The van der Waals surface area contributed by atoms with Crippen molar-refractivity contribution in [1.29, 1.82) is 0 Å². The zero-order valence-electron chi connectivity index (χ0n) is 20.3. The average Bonchev–Trinajstić information content (AvgIpc) is 3.53. The number of hydrogen-bond acceptors (Lipinski definition) is 6. The van der Waals surface area contributed by atoms with Gasteiger partial charge in [0.15, 0.2) is 5.69 Å². The normalized spacial score (nSPS) is 15.0. The van der Waals surface area contributed by atoms with Crippen LogP contribution in [-0.2, 0) is 33.5 Å². The molecule has 0 aliphatic carbocycles. The van der Waals surface area contributed by atoms with Gasteiger partial charge in [-0.05, 0) is 49.6 Å². The van der Waals surface area contributed by atoms with Gasteiger partial charge in [0.1, 0.15) is 11.4 Å². The van der Waals surface area contributed by atoms with Crippen molar-refractivity contribution in [3.8, 4) is 0 Å². The van der Waals surface area contributed by atoms with Crippen LogP contribution in [0.2, 0.25) is 0 Å². The first kappa shape index (κ1) is 24.2. The van der Waals surface area contributed by atoms with Crippen molar-refractivity contribution in [2.75, 3.05) is 32.1 Å². The van der Waals surface area contributed by atoms with Crippen molar-refractivity contribution in [3.05, 3.63) is 65.3 Å². The van der Waals surface area contributed by atoms with Crippen LogP contribution in [0.3, 0.4) is 0 Å². The van der Waals surface area contributed by atoms with Gasteiger partial charge in [-0.25, -0.2) is 9.83 Å². The van der Waals surface area contributed by atoms with E-state index in [4.69, 9.17) is 16.3 Å². The number of ether oxygens (including phenoxy) is 1. The lowest BCUT2D eigenvalue weighted by molar-refractivity contribution is -0.141. The highest BCUT2D eigenvalue weighted by atomic mass is 16.5. The number of nitrogens with one attached hydrogen (secondary N) is 2. The zero-order chi connectivity index (χ0) is 25.0. The molecular weight excluding hydrogens is 444 g/mol. The predicted molar refractivity (Wildman–Crippen MR) is 134 cm³/mol. The number of esters is 1. The Bertz CT molecular complexity index is 1270. The molecule has 2 N–H and O–H groups in total. The number of likely N-dealkylation sites (tertiary alicyclic amines) is 1. The summed E-state index contributed by atoms with van der Waals surface area (Å²) >= 11 is 0. The third-order valence-electron chi connectivity index (χ3n) is 6.63. The van der Waals surface area contributed by atoms with Crippen LogP contribution in [0.5, 0.6) is 0 Å². The maximum Gasteiger partial charge on any atom is 0.319 e. The Labute approximate surface area is 204 Å². The molecule has 35 heavy (non-hydrogen) atoms. The van der Waals surface area contributed by atoms with Crippen molar-refractivity contribution >= 4 is 34.3 Å². The number of aromatic nitrogens is 2. The smallest absolute Gasteiger partial charge is 0.319 e. The number of imidazole rings is 1. The van der Waals surface area contributed by atoms with E-state index in [0.29, 0.717) is 25.3 Å². The SMILES string of the molecule is [C-]#[N+]c1ccc(NCc2nc3cc([C@@](C)(NCC(=O)OC)C(=O)N4CCCC4)ccc3n2C)cc1. The van der Waals surface area contributed by atoms with Crippen molar-refractivity contribution in [2.45, 2.75) is 31.8 Å². The summed E-state index contributed by atoms with van der Waals surface area (Å²) in [5.74, 6) is 0.350. The summed E-state index contributed by atoms with van der Waals surface area (Å²) in [7, 11) is 3.29. The maximum atomic E-state index is 13.5. The summed E-state index contributed by atoms with van der Waals surface area (Å²) < 4.78 is 6.80. The number of nitrogens with zero attached hydrogens (tertiary/aromatic N) is 4. The van der Waals surface area contributed by atoms with E-state index in [1.54, 1.807) is 12.1 Å². The second-order valence-electron chi connectivity index (χ2n) is 8.86. The third-order valence-corrected chi connectivity index (χ3v) is 6.63. The molecule has 2 heterocycles. The molecule has 0 bridgehead atoms. The second-order valence-corrected chi connectivity index (χ2v) is 8.86. The molecule has 182 valence electrons. The van der Waals surface area contributed by atoms with Crippen LogP contribution in [0.1, 0.15) is 31.2 Å². The van der Waals surface area contributed by atoms with Crippen LogP contribution in [-0.4, -0.2) is 53.1 Å². The Morgan fingerprint density at radius 2 is 1.89 bits per heavy atom. The number of carbonyl (C=O) groups is 2. The molecule has 1 fully saturated rings. The van der Waals surface area contributed by atoms with E-state index in [1.165, 1.54) is 7.11 Å². The van der Waals surface area contributed by atoms with E-state index in [9.17, 15) is 9.59 Å². The first-order valence-corrected chi connectivity index (χ1v) is 11.6. The number of aryl methyl sites for hydroxylation is 1. The van der Waals surface area contributed by atoms with Crippen LogP contribution in [0.25, 0.3) is 15.9 Å². The first-order chi connectivity index (χ1) is 16.9. The molecule has 3 aromatic rings. The van der Waals surface area contributed by atoms with Gasteiger partial charge >= 0.3 is 5.97 Å². The Kier molecular flexibility index (Phi) is 7.03. The van der Waals surface area contributed by atoms with Gasteiger partial charge in [0.25, 0.3) is 0 Å². The summed E-state index contributed by atoms with van der Waals surface area (Å²) in [4.78, 5) is 35.5. The molecule has 2 aromatic carbocycles. The Balaban J connectivity index is 1.61. The van der Waals surface area contributed by atoms with Crippen molar-refractivity contribution in [3.63, 3.8) is 0 Å². The number of anilines is 1. The van der Waals surface area contributed by atoms with Gasteiger partial charge in [0.2, 0.25) is 5.91 Å². The molecule has 4 rings (SSSR count). The average molecular weight is 475 g/mol. The molecule has 1 atom stereocenters. The van der Waals surface area contributed by atoms with Gasteiger partial charge in [-0.1, -0.05) is 18.2 Å². The minimum absolute atomic E-state index is 0.0565. The lowest BCUT2D eigenvalue weighted by Crippen LogP contribution is -2.54. The van der Waals surface area contributed by atoms with Crippen LogP contribution < -0.4 is 10.6 Å². The number of methoxy groups -OCH3 is 1. The first-order valence-electron chi connectivity index (χ1n) is 11.6. The molecule has 1 saturated heterocycles. The highest BCUT2D eigenvalue weighted by Crippen LogP contribution is 2.29. The minimum Gasteiger partial charge on any atom is -0.468 e. The number of fused-ring (bicyclic) bond motifs is 1. The molecule has 0 unspecified atom stereocenters. The topological polar surface area (TPSA) is 92.8 Å². The summed E-state index contributed by atoms with van der Waals surface area (Å²) in [6, 6.07) is 13.1. The van der Waals surface area contributed by atoms with Gasteiger partial charge in [-0.2, -0.15) is 0 Å². The van der Waals surface area contributed by atoms with Crippen molar-refractivity contribution < 1.29 is 14.3 Å². The highest BCUT2D eigenvalue weighted by molar-refractivity contribution is 5.90. The van der Waals surface area contributed by atoms with Gasteiger partial charge in [0.05, 0.1) is 37.8 Å². The van der Waals surface area contributed by atoms with Crippen LogP contribution >= 0.6 is 0 Å². The lowest BCUT2D eigenvalue weighted by Gasteiger charge is -2.33. The molecule has 0 saturated carbocycles. The summed E-state index contributed by atoms with van der Waals surface area (Å²) in [5, 5.41) is 6.49. The highest BCUT2D eigenvalue weighted by Gasteiger charge is 2.39. The monoisotopic (exact) mass is 474 g/mol. The molecule has 0 radical (unpaired) electrons. The fourth-order valence-corrected chi connectivity index (χ4v) is 4.41. The van der Waals surface area contributed by atoms with Crippen molar-refractivity contribution in [2.24, 2.45) is 7.05 Å². The Hall–Kier alpha value is -3.90. The van der Waals surface area contributed by atoms with Crippen LogP contribution in [0.15, 0.2) is 42.5 Å². The van der Waals surface area contributed by atoms with Crippen LogP contribution in [0.4, 0.5) is 11.4 Å². The third kappa shape index (κ3) is 4.98. The molecule has 1 aliphatic heterocycles. The summed E-state index contributed by atoms with van der Waals surface area (Å²) in [6.45, 7) is 10.7. The number of rotatable bonds is 8. The molecular formula is C26H30N6O3. The van der Waals surface area contributed by atoms with Crippen molar-refractivity contribution in [1.82, 2.24) is 19.8 Å². The molecule has 1 amide bonds. The lowest BCUT2D eigenvalue weighted by atomic mass is 9.89. The van der Waals surface area contributed by atoms with E-state index in [0.717, 1.165) is 41.0 Å². The van der Waals surface area contributed by atoms with E-state index >= 15 is 0 Å². The standard InChI is InChI=1S/C26H30N6O3/c1-26(29-17-24(33)35-4,25(34)32-13-5-6-14-32)18-7-12-22-21(15-18)30-23(31(22)3)16-28-20-10-8-19(27-2)9-11-20/h7-12,15,28-29H,5-6,13-14,16-17H2,1,3-4H3/t26-/m1/s1. The maximum absolute atomic E-state index is 13.5. The fraction of sp³-hybridized carbons (Fsp3) is 0.385. The number of hydrogen-bond donors (Lipinski definition) is 2. The molecule has 1 aliphatic rings. The van der Waals surface area contributed by atoms with Gasteiger partial charge in [-0.15, -0.1) is 0 Å². The largest absolute Gasteiger partial charge is 0.468 e. The summed E-state index contributed by atoms with van der Waals surface area (Å²) in [6.07, 6.45) is 1.96. The predicted octanol–water partition coefficient (Wildman–Crippen LogP) is 3.34. The quantitative estimate of drug-likeness (QED) is 0.384.